The number of nitrogens with two attached hydrogens (primary N) is 1. The lowest BCUT2D eigenvalue weighted by Gasteiger charge is -2.08. The number of amides is 1. The summed E-state index contributed by atoms with van der Waals surface area (Å²) in [7, 11) is 0. The van der Waals surface area contributed by atoms with E-state index in [-0.39, 0.29) is 12.3 Å². The zero-order valence-electron chi connectivity index (χ0n) is 11.0. The average Bonchev–Trinajstić information content (AvgIpc) is 2.46. The van der Waals surface area contributed by atoms with E-state index in [0.717, 1.165) is 5.56 Å². The highest BCUT2D eigenvalue weighted by atomic mass is 16.1. The highest BCUT2D eigenvalue weighted by Gasteiger charge is 2.04. The first kappa shape index (κ1) is 12.4. The Morgan fingerprint density at radius 3 is 2.05 bits per heavy atom. The molecule has 20 heavy (non-hydrogen) atoms. The molecule has 0 aliphatic heterocycles. The maximum Gasteiger partial charge on any atom is 0.221 e. The first-order chi connectivity index (χ1) is 9.75. The normalized spacial score (nSPS) is 11.4. The van der Waals surface area contributed by atoms with Crippen molar-refractivity contribution >= 4 is 33.5 Å². The van der Waals surface area contributed by atoms with Gasteiger partial charge in [0.15, 0.2) is 0 Å². The van der Waals surface area contributed by atoms with E-state index in [0.29, 0.717) is 0 Å². The molecular formula is C18H15NO. The van der Waals surface area contributed by atoms with Gasteiger partial charge in [0.05, 0.1) is 0 Å². The molecule has 3 aromatic carbocycles. The van der Waals surface area contributed by atoms with E-state index in [9.17, 15) is 4.79 Å². The summed E-state index contributed by atoms with van der Waals surface area (Å²) in [5, 5.41) is 4.77. The number of fused-ring (bicyclic) bond motifs is 2. The lowest BCUT2D eigenvalue weighted by Crippen LogP contribution is -2.07. The number of carbonyl (C=O) groups is 1. The Bertz CT molecular complexity index is 764. The number of benzene rings is 3. The second kappa shape index (κ2) is 5.17. The molecule has 0 radical (unpaired) electrons. The van der Waals surface area contributed by atoms with E-state index in [1.807, 2.05) is 36.4 Å². The smallest absolute Gasteiger partial charge is 0.221 e. The monoisotopic (exact) mass is 261 g/mol. The van der Waals surface area contributed by atoms with Crippen LogP contribution in [0.25, 0.3) is 27.6 Å². The van der Waals surface area contributed by atoms with E-state index in [4.69, 9.17) is 5.73 Å². The van der Waals surface area contributed by atoms with Crippen LogP contribution in [0.3, 0.4) is 0 Å². The molecule has 0 atom stereocenters. The molecule has 3 aromatic rings. The van der Waals surface area contributed by atoms with Gasteiger partial charge in [-0.15, -0.1) is 0 Å². The van der Waals surface area contributed by atoms with Crippen molar-refractivity contribution in [3.05, 3.63) is 66.2 Å². The van der Waals surface area contributed by atoms with Crippen molar-refractivity contribution < 1.29 is 4.79 Å². The lowest BCUT2D eigenvalue weighted by molar-refractivity contribution is -0.117. The van der Waals surface area contributed by atoms with Crippen LogP contribution in [0.4, 0.5) is 0 Å². The molecule has 0 fully saturated rings. The molecule has 2 nitrogen and oxygen atoms in total. The van der Waals surface area contributed by atoms with Gasteiger partial charge in [0, 0.05) is 6.42 Å². The molecule has 0 bridgehead atoms. The molecule has 0 unspecified atom stereocenters. The number of hydrogen-bond donors (Lipinski definition) is 1. The van der Waals surface area contributed by atoms with E-state index in [1.54, 1.807) is 0 Å². The van der Waals surface area contributed by atoms with Gasteiger partial charge in [-0.1, -0.05) is 60.7 Å². The third-order valence-electron chi connectivity index (χ3n) is 3.42. The molecule has 0 aliphatic carbocycles. The van der Waals surface area contributed by atoms with E-state index >= 15 is 0 Å². The Labute approximate surface area is 117 Å². The maximum absolute atomic E-state index is 10.9. The first-order valence-corrected chi connectivity index (χ1v) is 6.61. The van der Waals surface area contributed by atoms with Crippen molar-refractivity contribution in [2.75, 3.05) is 0 Å². The topological polar surface area (TPSA) is 43.1 Å². The summed E-state index contributed by atoms with van der Waals surface area (Å²) in [6.45, 7) is 0. The summed E-state index contributed by atoms with van der Waals surface area (Å²) < 4.78 is 0. The van der Waals surface area contributed by atoms with Crippen LogP contribution in [0, 0.1) is 0 Å². The fraction of sp³-hybridized carbons (Fsp3) is 0.0556. The van der Waals surface area contributed by atoms with Crippen LogP contribution in [0.2, 0.25) is 0 Å². The number of rotatable bonds is 3. The van der Waals surface area contributed by atoms with Gasteiger partial charge in [-0.25, -0.2) is 0 Å². The van der Waals surface area contributed by atoms with Gasteiger partial charge in [0.25, 0.3) is 0 Å². The molecular weight excluding hydrogens is 246 g/mol. The summed E-state index contributed by atoms with van der Waals surface area (Å²) in [5.41, 5.74) is 6.33. The van der Waals surface area contributed by atoms with Gasteiger partial charge < -0.3 is 5.73 Å². The molecule has 98 valence electrons. The minimum Gasteiger partial charge on any atom is -0.369 e. The molecule has 1 amide bonds. The third kappa shape index (κ3) is 2.28. The molecule has 2 N–H and O–H groups in total. The van der Waals surface area contributed by atoms with Crippen LogP contribution in [-0.2, 0) is 4.79 Å². The average molecular weight is 261 g/mol. The second-order valence-corrected chi connectivity index (χ2v) is 4.81. The molecule has 0 aliphatic rings. The molecule has 0 heterocycles. The highest BCUT2D eigenvalue weighted by Crippen LogP contribution is 2.29. The Balaban J connectivity index is 2.27. The fourth-order valence-electron chi connectivity index (χ4n) is 2.52. The molecule has 0 saturated carbocycles. The second-order valence-electron chi connectivity index (χ2n) is 4.81. The van der Waals surface area contributed by atoms with Gasteiger partial charge in [-0.2, -0.15) is 0 Å². The van der Waals surface area contributed by atoms with Crippen molar-refractivity contribution in [1.29, 1.82) is 0 Å². The largest absolute Gasteiger partial charge is 0.369 e. The SMILES string of the molecule is NC(=O)CC=Cc1c2ccccc2cc2ccccc12. The van der Waals surface area contributed by atoms with Crippen LogP contribution in [0.5, 0.6) is 0 Å². The van der Waals surface area contributed by atoms with Crippen molar-refractivity contribution in [3.63, 3.8) is 0 Å². The zero-order valence-corrected chi connectivity index (χ0v) is 11.0. The van der Waals surface area contributed by atoms with E-state index < -0.39 is 0 Å². The fourth-order valence-corrected chi connectivity index (χ4v) is 2.52. The molecule has 0 aromatic heterocycles. The Kier molecular flexibility index (Phi) is 3.21. The van der Waals surface area contributed by atoms with Gasteiger partial charge >= 0.3 is 0 Å². The number of primary amides is 1. The predicted molar refractivity (Wildman–Crippen MR) is 84.3 cm³/mol. The van der Waals surface area contributed by atoms with Crippen LogP contribution in [0.15, 0.2) is 60.7 Å². The first-order valence-electron chi connectivity index (χ1n) is 6.61. The zero-order chi connectivity index (χ0) is 13.9. The highest BCUT2D eigenvalue weighted by molar-refractivity contribution is 6.06. The standard InChI is InChI=1S/C18H15NO/c19-18(20)11-5-10-17-15-8-3-1-6-13(15)12-14-7-2-4-9-16(14)17/h1-10,12H,11H2,(H2,19,20). The quantitative estimate of drug-likeness (QED) is 0.714. The summed E-state index contributed by atoms with van der Waals surface area (Å²) in [5.74, 6) is -0.314. The van der Waals surface area contributed by atoms with Crippen molar-refractivity contribution in [2.24, 2.45) is 5.73 Å². The van der Waals surface area contributed by atoms with Crippen LogP contribution in [-0.4, -0.2) is 5.91 Å². The van der Waals surface area contributed by atoms with Crippen LogP contribution in [0.1, 0.15) is 12.0 Å². The maximum atomic E-state index is 10.9. The van der Waals surface area contributed by atoms with Crippen molar-refractivity contribution in [2.45, 2.75) is 6.42 Å². The van der Waals surface area contributed by atoms with Crippen molar-refractivity contribution in [1.82, 2.24) is 0 Å². The lowest BCUT2D eigenvalue weighted by atomic mass is 9.96. The van der Waals surface area contributed by atoms with Crippen LogP contribution >= 0.6 is 0 Å². The Morgan fingerprint density at radius 1 is 0.950 bits per heavy atom. The van der Waals surface area contributed by atoms with E-state index in [2.05, 4.69) is 30.3 Å². The third-order valence-corrected chi connectivity index (χ3v) is 3.42. The number of hydrogen-bond acceptors (Lipinski definition) is 1. The summed E-state index contributed by atoms with van der Waals surface area (Å²) in [6.07, 6.45) is 4.09. The minimum absolute atomic E-state index is 0.261. The summed E-state index contributed by atoms with van der Waals surface area (Å²) in [4.78, 5) is 10.9. The summed E-state index contributed by atoms with van der Waals surface area (Å²) in [6, 6.07) is 18.7. The van der Waals surface area contributed by atoms with Gasteiger partial charge in [-0.05, 0) is 33.2 Å². The van der Waals surface area contributed by atoms with Crippen molar-refractivity contribution in [3.8, 4) is 0 Å². The molecule has 0 saturated heterocycles. The molecule has 2 heteroatoms. The van der Waals surface area contributed by atoms with E-state index in [1.165, 1.54) is 21.5 Å². The molecule has 0 spiro atoms. The Hall–Kier alpha value is -2.61. The predicted octanol–water partition coefficient (Wildman–Crippen LogP) is 3.88. The van der Waals surface area contributed by atoms with Gasteiger partial charge in [0.1, 0.15) is 0 Å². The van der Waals surface area contributed by atoms with Gasteiger partial charge in [0.2, 0.25) is 5.91 Å². The van der Waals surface area contributed by atoms with Gasteiger partial charge in [-0.3, -0.25) is 4.79 Å². The van der Waals surface area contributed by atoms with Crippen LogP contribution < -0.4 is 5.73 Å². The summed E-state index contributed by atoms with van der Waals surface area (Å²) >= 11 is 0. The Morgan fingerprint density at radius 2 is 1.50 bits per heavy atom. The number of carbonyl (C=O) groups excluding carboxylic acids is 1. The molecule has 3 rings (SSSR count). The minimum atomic E-state index is -0.314.